The van der Waals surface area contributed by atoms with Crippen LogP contribution in [0, 0.1) is 0 Å². The molecule has 4 rings (SSSR count). The van der Waals surface area contributed by atoms with Crippen LogP contribution in [0.3, 0.4) is 0 Å². The highest BCUT2D eigenvalue weighted by molar-refractivity contribution is 5.97. The number of nitrogens with one attached hydrogen (secondary N) is 1. The van der Waals surface area contributed by atoms with Gasteiger partial charge in [-0.25, -0.2) is 0 Å². The molecule has 1 aliphatic rings. The Morgan fingerprint density at radius 3 is 3.12 bits per heavy atom. The number of rotatable bonds is 3. The second-order valence-corrected chi connectivity index (χ2v) is 5.85. The summed E-state index contributed by atoms with van der Waals surface area (Å²) in [4.78, 5) is 14.7. The van der Waals surface area contributed by atoms with Gasteiger partial charge in [-0.1, -0.05) is 0 Å². The van der Waals surface area contributed by atoms with Crippen LogP contribution in [0.5, 0.6) is 0 Å². The summed E-state index contributed by atoms with van der Waals surface area (Å²) < 4.78 is 7.70. The number of nitrogens with zero attached hydrogens (tertiary/aromatic N) is 5. The van der Waals surface area contributed by atoms with Crippen LogP contribution in [0.15, 0.2) is 36.7 Å². The summed E-state index contributed by atoms with van der Waals surface area (Å²) in [6, 6.07) is 7.26. The third kappa shape index (κ3) is 3.00. The molecule has 3 heterocycles. The lowest BCUT2D eigenvalue weighted by Gasteiger charge is -2.24. The molecule has 1 amide bonds. The third-order valence-corrected chi connectivity index (χ3v) is 4.15. The van der Waals surface area contributed by atoms with E-state index in [1.165, 1.54) is 0 Å². The standard InChI is InChI=1S/C16H18N6O2/c23-16(12-3-4-14-15(9-12)19-20-18-14)21-6-2-8-24-13(10-21)11-22-7-1-5-17-22/h1,3-5,7,9,13H,2,6,8,10-11H2,(H,18,19,20)/t13-/m1/s1. The summed E-state index contributed by atoms with van der Waals surface area (Å²) in [7, 11) is 0. The predicted octanol–water partition coefficient (Wildman–Crippen LogP) is 1.09. The molecule has 1 aliphatic heterocycles. The van der Waals surface area contributed by atoms with Crippen LogP contribution in [0.2, 0.25) is 0 Å². The average molecular weight is 326 g/mol. The van der Waals surface area contributed by atoms with Crippen molar-refractivity contribution in [3.05, 3.63) is 42.2 Å². The Kier molecular flexibility index (Phi) is 3.96. The van der Waals surface area contributed by atoms with Crippen LogP contribution in [-0.4, -0.2) is 61.8 Å². The first-order chi connectivity index (χ1) is 11.8. The van der Waals surface area contributed by atoms with Crippen molar-refractivity contribution in [3.8, 4) is 0 Å². The molecular formula is C16H18N6O2. The summed E-state index contributed by atoms with van der Waals surface area (Å²) in [5.74, 6) is -0.00383. The molecule has 0 aliphatic carbocycles. The fourth-order valence-electron chi connectivity index (χ4n) is 2.96. The smallest absolute Gasteiger partial charge is 0.254 e. The lowest BCUT2D eigenvalue weighted by atomic mass is 10.1. The van der Waals surface area contributed by atoms with Crippen LogP contribution < -0.4 is 0 Å². The molecule has 8 heteroatoms. The number of amides is 1. The molecule has 1 aromatic carbocycles. The van der Waals surface area contributed by atoms with Crippen LogP contribution in [0.4, 0.5) is 0 Å². The maximum absolute atomic E-state index is 12.9. The molecule has 0 spiro atoms. The van der Waals surface area contributed by atoms with Gasteiger partial charge in [-0.15, -0.1) is 0 Å². The highest BCUT2D eigenvalue weighted by atomic mass is 16.5. The van der Waals surface area contributed by atoms with Gasteiger partial charge < -0.3 is 9.64 Å². The van der Waals surface area contributed by atoms with E-state index in [0.717, 1.165) is 11.9 Å². The normalized spacial score (nSPS) is 18.7. The molecule has 0 unspecified atom stereocenters. The van der Waals surface area contributed by atoms with Gasteiger partial charge >= 0.3 is 0 Å². The molecule has 1 atom stereocenters. The second kappa shape index (κ2) is 6.40. The highest BCUT2D eigenvalue weighted by Gasteiger charge is 2.24. The highest BCUT2D eigenvalue weighted by Crippen LogP contribution is 2.15. The van der Waals surface area contributed by atoms with E-state index >= 15 is 0 Å². The van der Waals surface area contributed by atoms with E-state index in [4.69, 9.17) is 4.74 Å². The van der Waals surface area contributed by atoms with E-state index in [9.17, 15) is 4.79 Å². The van der Waals surface area contributed by atoms with Crippen molar-refractivity contribution in [2.24, 2.45) is 0 Å². The number of hydrogen-bond acceptors (Lipinski definition) is 5. The Morgan fingerprint density at radius 1 is 1.33 bits per heavy atom. The van der Waals surface area contributed by atoms with Gasteiger partial charge in [-0.05, 0) is 30.7 Å². The van der Waals surface area contributed by atoms with Gasteiger partial charge in [0, 0.05) is 37.7 Å². The maximum atomic E-state index is 12.9. The number of aromatic nitrogens is 5. The lowest BCUT2D eigenvalue weighted by Crippen LogP contribution is -2.38. The minimum Gasteiger partial charge on any atom is -0.374 e. The van der Waals surface area contributed by atoms with Gasteiger partial charge in [0.05, 0.1) is 12.6 Å². The van der Waals surface area contributed by atoms with E-state index < -0.39 is 0 Å². The Bertz CT molecular complexity index is 828. The molecule has 2 aromatic heterocycles. The van der Waals surface area contributed by atoms with E-state index in [0.29, 0.717) is 37.3 Å². The SMILES string of the molecule is O=C(c1ccc2n[nH]nc2c1)N1CCCO[C@@H](Cn2cccn2)C1. The minimum atomic E-state index is -0.0628. The number of benzene rings is 1. The molecule has 0 saturated carbocycles. The molecule has 1 saturated heterocycles. The Hall–Kier alpha value is -2.74. The van der Waals surface area contributed by atoms with Crippen molar-refractivity contribution in [3.63, 3.8) is 0 Å². The molecule has 3 aromatic rings. The van der Waals surface area contributed by atoms with E-state index in [2.05, 4.69) is 20.5 Å². The Morgan fingerprint density at radius 2 is 2.25 bits per heavy atom. The number of hydrogen-bond donors (Lipinski definition) is 1. The molecule has 1 N–H and O–H groups in total. The first kappa shape index (κ1) is 14.8. The number of ether oxygens (including phenoxy) is 1. The zero-order valence-electron chi connectivity index (χ0n) is 13.1. The largest absolute Gasteiger partial charge is 0.374 e. The quantitative estimate of drug-likeness (QED) is 0.778. The Labute approximate surface area is 138 Å². The first-order valence-electron chi connectivity index (χ1n) is 7.98. The number of fused-ring (bicyclic) bond motifs is 1. The zero-order valence-corrected chi connectivity index (χ0v) is 13.1. The molecule has 8 nitrogen and oxygen atoms in total. The van der Waals surface area contributed by atoms with Crippen molar-refractivity contribution >= 4 is 16.9 Å². The number of carbonyl (C=O) groups is 1. The van der Waals surface area contributed by atoms with Gasteiger partial charge in [0.25, 0.3) is 5.91 Å². The van der Waals surface area contributed by atoms with Gasteiger partial charge in [-0.3, -0.25) is 9.48 Å². The van der Waals surface area contributed by atoms with Gasteiger partial charge in [0.15, 0.2) is 0 Å². The predicted molar refractivity (Wildman–Crippen MR) is 86.4 cm³/mol. The summed E-state index contributed by atoms with van der Waals surface area (Å²) in [6.45, 7) is 2.53. The van der Waals surface area contributed by atoms with Crippen molar-refractivity contribution in [1.29, 1.82) is 0 Å². The van der Waals surface area contributed by atoms with Crippen molar-refractivity contribution in [2.45, 2.75) is 19.1 Å². The summed E-state index contributed by atoms with van der Waals surface area (Å²) >= 11 is 0. The number of H-pyrrole nitrogens is 1. The summed E-state index contributed by atoms with van der Waals surface area (Å²) in [6.07, 6.45) is 4.41. The van der Waals surface area contributed by atoms with Gasteiger partial charge in [-0.2, -0.15) is 20.5 Å². The minimum absolute atomic E-state index is 0.00383. The molecule has 24 heavy (non-hydrogen) atoms. The Balaban J connectivity index is 1.51. The topological polar surface area (TPSA) is 88.9 Å². The van der Waals surface area contributed by atoms with E-state index in [1.54, 1.807) is 18.3 Å². The molecule has 0 radical (unpaired) electrons. The van der Waals surface area contributed by atoms with Crippen LogP contribution in [-0.2, 0) is 11.3 Å². The molecule has 124 valence electrons. The van der Waals surface area contributed by atoms with E-state index in [-0.39, 0.29) is 12.0 Å². The van der Waals surface area contributed by atoms with Crippen LogP contribution in [0.1, 0.15) is 16.8 Å². The monoisotopic (exact) mass is 326 g/mol. The van der Waals surface area contributed by atoms with Crippen molar-refractivity contribution in [1.82, 2.24) is 30.1 Å². The number of carbonyl (C=O) groups excluding carboxylic acids is 1. The lowest BCUT2D eigenvalue weighted by molar-refractivity contribution is 0.0367. The van der Waals surface area contributed by atoms with Gasteiger partial charge in [0.2, 0.25) is 0 Å². The third-order valence-electron chi connectivity index (χ3n) is 4.15. The van der Waals surface area contributed by atoms with Crippen molar-refractivity contribution in [2.75, 3.05) is 19.7 Å². The fourth-order valence-corrected chi connectivity index (χ4v) is 2.96. The maximum Gasteiger partial charge on any atom is 0.254 e. The second-order valence-electron chi connectivity index (χ2n) is 5.85. The van der Waals surface area contributed by atoms with Crippen LogP contribution in [0.25, 0.3) is 11.0 Å². The average Bonchev–Trinajstić information content (AvgIpc) is 3.22. The van der Waals surface area contributed by atoms with Crippen LogP contribution >= 0.6 is 0 Å². The molecular weight excluding hydrogens is 308 g/mol. The zero-order chi connectivity index (χ0) is 16.4. The summed E-state index contributed by atoms with van der Waals surface area (Å²) in [5, 5.41) is 14.8. The van der Waals surface area contributed by atoms with Crippen molar-refractivity contribution < 1.29 is 9.53 Å². The van der Waals surface area contributed by atoms with E-state index in [1.807, 2.05) is 27.9 Å². The first-order valence-corrected chi connectivity index (χ1v) is 7.98. The fraction of sp³-hybridized carbons (Fsp3) is 0.375. The summed E-state index contributed by atoms with van der Waals surface area (Å²) in [5.41, 5.74) is 2.07. The molecule has 1 fully saturated rings. The van der Waals surface area contributed by atoms with Gasteiger partial charge in [0.1, 0.15) is 11.0 Å². The molecule has 0 bridgehead atoms. The number of aromatic amines is 1.